The van der Waals surface area contributed by atoms with Crippen molar-refractivity contribution in [1.82, 2.24) is 4.90 Å². The van der Waals surface area contributed by atoms with Crippen LogP contribution in [0, 0.1) is 0 Å². The Balaban J connectivity index is 2.91. The molecule has 1 rings (SSSR count). The Morgan fingerprint density at radius 3 is 2.67 bits per heavy atom. The van der Waals surface area contributed by atoms with Gasteiger partial charge in [0.15, 0.2) is 0 Å². The van der Waals surface area contributed by atoms with Crippen LogP contribution in [0.15, 0.2) is 36.5 Å². The molecule has 0 spiro atoms. The fraction of sp³-hybridized carbons (Fsp3) is 0.182. The van der Waals surface area contributed by atoms with Crippen molar-refractivity contribution in [3.8, 4) is 0 Å². The summed E-state index contributed by atoms with van der Waals surface area (Å²) in [5, 5.41) is 0. The topological polar surface area (TPSA) is 20.3 Å². The van der Waals surface area contributed by atoms with E-state index in [4.69, 9.17) is 0 Å². The summed E-state index contributed by atoms with van der Waals surface area (Å²) in [6.07, 6.45) is 3.38. The second-order valence-corrected chi connectivity index (χ2v) is 7.08. The minimum atomic E-state index is -0.398. The summed E-state index contributed by atoms with van der Waals surface area (Å²) in [6.45, 7) is 0. The van der Waals surface area contributed by atoms with Gasteiger partial charge in [-0.15, -0.1) is 0 Å². The molecule has 0 saturated heterocycles. The zero-order valence-electron chi connectivity index (χ0n) is 8.61. The quantitative estimate of drug-likeness (QED) is 0.448. The number of ketones is 1. The second kappa shape index (κ2) is 6.32. The van der Waals surface area contributed by atoms with E-state index in [1.54, 1.807) is 12.3 Å². The van der Waals surface area contributed by atoms with Crippen LogP contribution < -0.4 is 3.61 Å². The molecular weight excluding hydrogens is 370 g/mol. The van der Waals surface area contributed by atoms with Crippen molar-refractivity contribution in [3.05, 3.63) is 42.1 Å². The van der Waals surface area contributed by atoms with Gasteiger partial charge >= 0.3 is 107 Å². The van der Waals surface area contributed by atoms with Gasteiger partial charge in [-0.2, -0.15) is 0 Å². The number of allylic oxidation sites excluding steroid dienone is 1. The molecule has 0 bridgehead atoms. The van der Waals surface area contributed by atoms with Gasteiger partial charge in [0.05, 0.1) is 0 Å². The number of nitrogens with zero attached hydrogens (tertiary/aromatic N) is 1. The minimum absolute atomic E-state index is 0.0730. The molecule has 1 aromatic rings. The van der Waals surface area contributed by atoms with Gasteiger partial charge in [-0.3, -0.25) is 0 Å². The molecule has 0 fully saturated rings. The molecule has 15 heavy (non-hydrogen) atoms. The number of halogens is 1. The Labute approximate surface area is 106 Å². The number of rotatable bonds is 4. The molecular formula is C11H12BrNOTe. The zero-order valence-corrected chi connectivity index (χ0v) is 12.5. The SMILES string of the molecule is CN(C)/C=C/C(=O)c1ccccc1[Te]Br. The van der Waals surface area contributed by atoms with Crippen LogP contribution in [-0.4, -0.2) is 43.5 Å². The van der Waals surface area contributed by atoms with Crippen molar-refractivity contribution < 1.29 is 4.79 Å². The Kier molecular flexibility index (Phi) is 5.38. The molecule has 0 heterocycles. The third-order valence-corrected chi connectivity index (χ3v) is 5.59. The zero-order chi connectivity index (χ0) is 11.3. The van der Waals surface area contributed by atoms with Crippen LogP contribution in [0.25, 0.3) is 0 Å². The molecule has 4 heteroatoms. The molecule has 0 aliphatic carbocycles. The maximum atomic E-state index is 11.8. The van der Waals surface area contributed by atoms with E-state index < -0.39 is 18.7 Å². The normalized spacial score (nSPS) is 10.6. The van der Waals surface area contributed by atoms with Gasteiger partial charge in [0.2, 0.25) is 0 Å². The molecule has 0 N–H and O–H groups in total. The Morgan fingerprint density at radius 1 is 1.40 bits per heavy atom. The van der Waals surface area contributed by atoms with E-state index in [1.165, 1.54) is 0 Å². The summed E-state index contributed by atoms with van der Waals surface area (Å²) < 4.78 is 1.15. The number of carbonyl (C=O) groups is 1. The number of hydrogen-bond acceptors (Lipinski definition) is 2. The van der Waals surface area contributed by atoms with Gasteiger partial charge in [-0.1, -0.05) is 0 Å². The summed E-state index contributed by atoms with van der Waals surface area (Å²) in [4.78, 5) is 13.7. The molecule has 0 aliphatic rings. The van der Waals surface area contributed by atoms with Crippen LogP contribution in [0.3, 0.4) is 0 Å². The number of benzene rings is 1. The van der Waals surface area contributed by atoms with E-state index in [9.17, 15) is 4.79 Å². The summed E-state index contributed by atoms with van der Waals surface area (Å²) in [5.74, 6) is 0.0730. The molecule has 0 unspecified atom stereocenters. The van der Waals surface area contributed by atoms with Crippen LogP contribution in [0.5, 0.6) is 0 Å². The Morgan fingerprint density at radius 2 is 2.07 bits per heavy atom. The monoisotopic (exact) mass is 383 g/mol. The number of hydrogen-bond donors (Lipinski definition) is 0. The van der Waals surface area contributed by atoms with Gasteiger partial charge in [0, 0.05) is 0 Å². The van der Waals surface area contributed by atoms with Crippen molar-refractivity contribution in [1.29, 1.82) is 0 Å². The van der Waals surface area contributed by atoms with Gasteiger partial charge in [0.1, 0.15) is 0 Å². The fourth-order valence-corrected chi connectivity index (χ4v) is 4.03. The van der Waals surface area contributed by atoms with E-state index in [0.717, 1.165) is 9.17 Å². The number of carbonyl (C=O) groups excluding carboxylic acids is 1. The summed E-state index contributed by atoms with van der Waals surface area (Å²) in [6, 6.07) is 7.75. The Hall–Kier alpha value is -0.300. The van der Waals surface area contributed by atoms with Crippen LogP contribution in [0.1, 0.15) is 10.4 Å². The van der Waals surface area contributed by atoms with Crippen LogP contribution in [0.2, 0.25) is 0 Å². The third-order valence-electron chi connectivity index (χ3n) is 1.76. The summed E-state index contributed by atoms with van der Waals surface area (Å²) in [7, 11) is 3.79. The van der Waals surface area contributed by atoms with E-state index in [2.05, 4.69) is 12.8 Å². The van der Waals surface area contributed by atoms with Gasteiger partial charge < -0.3 is 0 Å². The van der Waals surface area contributed by atoms with Gasteiger partial charge in [0.25, 0.3) is 0 Å². The standard InChI is InChI=1S/C11H12BrNOTe/c1-13(2)8-7-10(14)9-5-3-4-6-11(9)15-12/h3-8H,1-2H3/b8-7+. The molecule has 2 nitrogen and oxygen atoms in total. The van der Waals surface area contributed by atoms with Crippen molar-refractivity contribution >= 4 is 40.9 Å². The molecule has 0 amide bonds. The van der Waals surface area contributed by atoms with Gasteiger partial charge in [-0.25, -0.2) is 0 Å². The molecule has 0 saturated carbocycles. The Bertz CT molecular complexity index is 377. The predicted octanol–water partition coefficient (Wildman–Crippen LogP) is 1.58. The fourth-order valence-electron chi connectivity index (χ4n) is 1.04. The van der Waals surface area contributed by atoms with Crippen molar-refractivity contribution in [3.63, 3.8) is 0 Å². The molecule has 0 atom stereocenters. The molecule has 80 valence electrons. The van der Waals surface area contributed by atoms with E-state index in [0.29, 0.717) is 0 Å². The first kappa shape index (κ1) is 12.8. The van der Waals surface area contributed by atoms with Gasteiger partial charge in [-0.05, 0) is 0 Å². The molecule has 1 aromatic carbocycles. The first-order valence-electron chi connectivity index (χ1n) is 4.41. The third kappa shape index (κ3) is 3.98. The molecule has 0 aromatic heterocycles. The molecule has 0 radical (unpaired) electrons. The first-order valence-corrected chi connectivity index (χ1v) is 10.8. The van der Waals surface area contributed by atoms with Crippen molar-refractivity contribution in [2.45, 2.75) is 0 Å². The first-order chi connectivity index (χ1) is 7.15. The van der Waals surface area contributed by atoms with E-state index >= 15 is 0 Å². The predicted molar refractivity (Wildman–Crippen MR) is 67.9 cm³/mol. The summed E-state index contributed by atoms with van der Waals surface area (Å²) >= 11 is 3.10. The van der Waals surface area contributed by atoms with Crippen molar-refractivity contribution in [2.75, 3.05) is 14.1 Å². The average molecular weight is 382 g/mol. The maximum absolute atomic E-state index is 11.8. The summed E-state index contributed by atoms with van der Waals surface area (Å²) in [5.41, 5.74) is 0.815. The van der Waals surface area contributed by atoms with Crippen LogP contribution in [0.4, 0.5) is 0 Å². The van der Waals surface area contributed by atoms with E-state index in [1.807, 2.05) is 43.3 Å². The van der Waals surface area contributed by atoms with E-state index in [-0.39, 0.29) is 5.78 Å². The van der Waals surface area contributed by atoms with Crippen LogP contribution in [-0.2, 0) is 0 Å². The average Bonchev–Trinajstić information content (AvgIpc) is 2.25. The van der Waals surface area contributed by atoms with Crippen LogP contribution >= 0.6 is 12.8 Å². The van der Waals surface area contributed by atoms with Crippen molar-refractivity contribution in [2.24, 2.45) is 0 Å². The molecule has 0 aliphatic heterocycles. The second-order valence-electron chi connectivity index (χ2n) is 3.22.